The molecule has 1 aliphatic heterocycles. The molecule has 27 heavy (non-hydrogen) atoms. The van der Waals surface area contributed by atoms with Gasteiger partial charge in [0, 0.05) is 43.5 Å². The summed E-state index contributed by atoms with van der Waals surface area (Å²) in [5.74, 6) is 3.12. The van der Waals surface area contributed by atoms with Crippen molar-refractivity contribution in [3.8, 4) is 11.4 Å². The Morgan fingerprint density at radius 2 is 1.96 bits per heavy atom. The summed E-state index contributed by atoms with van der Waals surface area (Å²) in [6, 6.07) is 10.6. The molecule has 0 N–H and O–H groups in total. The minimum Gasteiger partial charge on any atom is -0.334 e. The standard InChI is InChI=1S/C21H25N5O/c1-2-8-17(9-3-1)19-23-21(27-24-19)26-12-5-10-18(15-26)20-22-11-13-25(20)14-16-6-4-7-16/h1-3,8-9,11,13,16,18H,4-7,10,12,14-15H2/t18-/m0/s1. The normalized spacial score (nSPS) is 20.6. The average molecular weight is 363 g/mol. The van der Waals surface area contributed by atoms with Gasteiger partial charge in [0.2, 0.25) is 5.82 Å². The summed E-state index contributed by atoms with van der Waals surface area (Å²) in [6.45, 7) is 2.96. The maximum Gasteiger partial charge on any atom is 0.324 e. The number of benzene rings is 1. The van der Waals surface area contributed by atoms with Gasteiger partial charge in [-0.2, -0.15) is 4.98 Å². The van der Waals surface area contributed by atoms with E-state index >= 15 is 0 Å². The van der Waals surface area contributed by atoms with Crippen LogP contribution in [0.15, 0.2) is 47.2 Å². The zero-order valence-corrected chi connectivity index (χ0v) is 15.5. The number of hydrogen-bond acceptors (Lipinski definition) is 5. The molecule has 6 heteroatoms. The Balaban J connectivity index is 1.32. The summed E-state index contributed by atoms with van der Waals surface area (Å²) in [4.78, 5) is 11.6. The molecule has 0 bridgehead atoms. The van der Waals surface area contributed by atoms with Crippen LogP contribution in [0.3, 0.4) is 0 Å². The summed E-state index contributed by atoms with van der Waals surface area (Å²) in [5, 5.41) is 4.18. The number of anilines is 1. The fourth-order valence-corrected chi connectivity index (χ4v) is 4.20. The zero-order chi connectivity index (χ0) is 18.1. The van der Waals surface area contributed by atoms with E-state index in [1.807, 2.05) is 36.5 Å². The van der Waals surface area contributed by atoms with Gasteiger partial charge < -0.3 is 14.0 Å². The molecule has 0 radical (unpaired) electrons. The molecule has 1 saturated carbocycles. The first kappa shape index (κ1) is 16.5. The predicted molar refractivity (Wildman–Crippen MR) is 103 cm³/mol. The van der Waals surface area contributed by atoms with Crippen LogP contribution in [0, 0.1) is 5.92 Å². The summed E-state index contributed by atoms with van der Waals surface area (Å²) < 4.78 is 7.96. The molecular weight excluding hydrogens is 338 g/mol. The predicted octanol–water partition coefficient (Wildman–Crippen LogP) is 4.12. The van der Waals surface area contributed by atoms with Gasteiger partial charge in [0.25, 0.3) is 0 Å². The van der Waals surface area contributed by atoms with Crippen molar-refractivity contribution in [3.05, 3.63) is 48.5 Å². The third-order valence-electron chi connectivity index (χ3n) is 5.93. The second-order valence-electron chi connectivity index (χ2n) is 7.79. The van der Waals surface area contributed by atoms with Crippen molar-refractivity contribution in [2.45, 2.75) is 44.6 Å². The minimum atomic E-state index is 0.418. The van der Waals surface area contributed by atoms with Crippen LogP contribution in [0.5, 0.6) is 0 Å². The van der Waals surface area contributed by atoms with E-state index in [1.165, 1.54) is 25.1 Å². The van der Waals surface area contributed by atoms with Crippen LogP contribution in [0.2, 0.25) is 0 Å². The van der Waals surface area contributed by atoms with Crippen LogP contribution in [0.4, 0.5) is 6.01 Å². The highest BCUT2D eigenvalue weighted by Gasteiger charge is 2.28. The molecule has 1 saturated heterocycles. The molecule has 140 valence electrons. The van der Waals surface area contributed by atoms with E-state index < -0.39 is 0 Å². The molecule has 5 rings (SSSR count). The van der Waals surface area contributed by atoms with Gasteiger partial charge in [0.15, 0.2) is 0 Å². The van der Waals surface area contributed by atoms with Crippen LogP contribution in [-0.2, 0) is 6.54 Å². The van der Waals surface area contributed by atoms with Gasteiger partial charge in [-0.05, 0) is 31.6 Å². The molecular formula is C21H25N5O. The maximum absolute atomic E-state index is 5.58. The fraction of sp³-hybridized carbons (Fsp3) is 0.476. The highest BCUT2D eigenvalue weighted by atomic mass is 16.5. The van der Waals surface area contributed by atoms with Crippen molar-refractivity contribution >= 4 is 6.01 Å². The molecule has 1 aliphatic carbocycles. The number of rotatable bonds is 5. The molecule has 6 nitrogen and oxygen atoms in total. The number of nitrogens with zero attached hydrogens (tertiary/aromatic N) is 5. The second kappa shape index (κ2) is 7.18. The fourth-order valence-electron chi connectivity index (χ4n) is 4.20. The molecule has 1 aromatic carbocycles. The monoisotopic (exact) mass is 363 g/mol. The first-order valence-electron chi connectivity index (χ1n) is 10.0. The van der Waals surface area contributed by atoms with Gasteiger partial charge >= 0.3 is 6.01 Å². The lowest BCUT2D eigenvalue weighted by Gasteiger charge is -2.32. The van der Waals surface area contributed by atoms with E-state index in [4.69, 9.17) is 9.51 Å². The highest BCUT2D eigenvalue weighted by molar-refractivity contribution is 5.55. The Kier molecular flexibility index (Phi) is 4.40. The first-order valence-corrected chi connectivity index (χ1v) is 10.0. The topological polar surface area (TPSA) is 60.0 Å². The van der Waals surface area contributed by atoms with Crippen molar-refractivity contribution in [1.82, 2.24) is 19.7 Å². The average Bonchev–Trinajstić information content (AvgIpc) is 3.35. The molecule has 0 unspecified atom stereocenters. The molecule has 0 amide bonds. The van der Waals surface area contributed by atoms with Gasteiger partial charge in [0.1, 0.15) is 5.82 Å². The Bertz CT molecular complexity index is 883. The van der Waals surface area contributed by atoms with E-state index in [1.54, 1.807) is 0 Å². The summed E-state index contributed by atoms with van der Waals surface area (Å²) in [6.07, 6.45) is 10.5. The lowest BCUT2D eigenvalue weighted by molar-refractivity contribution is 0.270. The molecule has 2 aromatic heterocycles. The Morgan fingerprint density at radius 1 is 1.07 bits per heavy atom. The lowest BCUT2D eigenvalue weighted by atomic mass is 9.85. The van der Waals surface area contributed by atoms with E-state index in [0.29, 0.717) is 17.8 Å². The van der Waals surface area contributed by atoms with Crippen molar-refractivity contribution in [1.29, 1.82) is 0 Å². The zero-order valence-electron chi connectivity index (χ0n) is 15.5. The van der Waals surface area contributed by atoms with Gasteiger partial charge in [-0.3, -0.25) is 0 Å². The van der Waals surface area contributed by atoms with Gasteiger partial charge in [-0.1, -0.05) is 41.9 Å². The smallest absolute Gasteiger partial charge is 0.324 e. The molecule has 3 aromatic rings. The first-order chi connectivity index (χ1) is 13.4. The largest absolute Gasteiger partial charge is 0.334 e. The third kappa shape index (κ3) is 3.36. The molecule has 3 heterocycles. The lowest BCUT2D eigenvalue weighted by Crippen LogP contribution is -2.36. The van der Waals surface area contributed by atoms with Crippen LogP contribution >= 0.6 is 0 Å². The van der Waals surface area contributed by atoms with Crippen molar-refractivity contribution < 1.29 is 4.52 Å². The minimum absolute atomic E-state index is 0.418. The van der Waals surface area contributed by atoms with Crippen LogP contribution in [-0.4, -0.2) is 32.8 Å². The molecule has 2 fully saturated rings. The van der Waals surface area contributed by atoms with Gasteiger partial charge in [-0.25, -0.2) is 4.98 Å². The summed E-state index contributed by atoms with van der Waals surface area (Å²) in [5.41, 5.74) is 0.983. The number of aromatic nitrogens is 4. The summed E-state index contributed by atoms with van der Waals surface area (Å²) in [7, 11) is 0. The second-order valence-corrected chi connectivity index (χ2v) is 7.79. The highest BCUT2D eigenvalue weighted by Crippen LogP contribution is 2.32. The Morgan fingerprint density at radius 3 is 2.78 bits per heavy atom. The quantitative estimate of drug-likeness (QED) is 0.682. The SMILES string of the molecule is c1ccc(-c2noc(N3CCC[C@H](c4nccn4CC4CCC4)C3)n2)cc1. The molecule has 1 atom stereocenters. The van der Waals surface area contributed by atoms with E-state index in [2.05, 4.69) is 25.8 Å². The number of imidazole rings is 1. The number of hydrogen-bond donors (Lipinski definition) is 0. The summed E-state index contributed by atoms with van der Waals surface area (Å²) >= 11 is 0. The Hall–Kier alpha value is -2.63. The Labute approximate surface area is 159 Å². The van der Waals surface area contributed by atoms with Gasteiger partial charge in [-0.15, -0.1) is 0 Å². The van der Waals surface area contributed by atoms with Crippen LogP contribution in [0.25, 0.3) is 11.4 Å². The maximum atomic E-state index is 5.58. The van der Waals surface area contributed by atoms with Gasteiger partial charge in [0.05, 0.1) is 0 Å². The van der Waals surface area contributed by atoms with E-state index in [-0.39, 0.29) is 0 Å². The van der Waals surface area contributed by atoms with Crippen molar-refractivity contribution in [2.24, 2.45) is 5.92 Å². The van der Waals surface area contributed by atoms with Crippen molar-refractivity contribution in [2.75, 3.05) is 18.0 Å². The molecule has 2 aliphatic rings. The third-order valence-corrected chi connectivity index (χ3v) is 5.93. The van der Waals surface area contributed by atoms with E-state index in [9.17, 15) is 0 Å². The van der Waals surface area contributed by atoms with Crippen LogP contribution in [0.1, 0.15) is 43.8 Å². The molecule has 0 spiro atoms. The van der Waals surface area contributed by atoms with Crippen LogP contribution < -0.4 is 4.90 Å². The van der Waals surface area contributed by atoms with E-state index in [0.717, 1.165) is 44.0 Å². The number of piperidine rings is 1. The van der Waals surface area contributed by atoms with Crippen molar-refractivity contribution in [3.63, 3.8) is 0 Å².